The normalized spacial score (nSPS) is 14.8. The third-order valence-electron chi connectivity index (χ3n) is 5.93. The standard InChI is InChI=1S/C24H23FN4O5/c1-13-11-24(2,3)28(4)19-10-18(25)15(7-17(13)19)12-26-27-23(30)21-8-14-6-16(29(31)32)9-20(33-5)22(14)34-21/h6-12H,1-5H3,(H,27,30)/b26-12-. The van der Waals surface area contributed by atoms with Crippen LogP contribution in [-0.4, -0.2) is 36.7 Å². The SMILES string of the molecule is COc1cc([N+](=O)[O-])cc2cc(C(=O)N/N=C\c3cc4c(cc3F)N(C)C(C)(C)C=C4C)oc12. The molecule has 2 heterocycles. The number of nitro groups is 1. The maximum Gasteiger partial charge on any atom is 0.307 e. The number of nitrogens with zero attached hydrogens (tertiary/aromatic N) is 3. The molecule has 0 aliphatic carbocycles. The van der Waals surface area contributed by atoms with Gasteiger partial charge in [0.2, 0.25) is 0 Å². The molecule has 176 valence electrons. The fourth-order valence-corrected chi connectivity index (χ4v) is 3.98. The summed E-state index contributed by atoms with van der Waals surface area (Å²) in [6.45, 7) is 6.07. The zero-order valence-electron chi connectivity index (χ0n) is 19.3. The van der Waals surface area contributed by atoms with Crippen LogP contribution in [0.2, 0.25) is 0 Å². The number of likely N-dealkylation sites (N-methyl/N-ethyl adjacent to an activating group) is 1. The molecule has 0 unspecified atom stereocenters. The van der Waals surface area contributed by atoms with Gasteiger partial charge >= 0.3 is 5.91 Å². The van der Waals surface area contributed by atoms with Crippen LogP contribution in [0.3, 0.4) is 0 Å². The largest absolute Gasteiger partial charge is 0.493 e. The lowest BCUT2D eigenvalue weighted by molar-refractivity contribution is -0.384. The molecule has 0 fully saturated rings. The number of non-ortho nitro benzene ring substituents is 1. The summed E-state index contributed by atoms with van der Waals surface area (Å²) < 4.78 is 25.4. The van der Waals surface area contributed by atoms with E-state index in [1.165, 1.54) is 37.6 Å². The van der Waals surface area contributed by atoms with Gasteiger partial charge in [-0.3, -0.25) is 14.9 Å². The monoisotopic (exact) mass is 466 g/mol. The zero-order valence-corrected chi connectivity index (χ0v) is 19.3. The average Bonchev–Trinajstić information content (AvgIpc) is 3.21. The van der Waals surface area contributed by atoms with Crippen LogP contribution in [0.15, 0.2) is 45.9 Å². The number of nitrogens with one attached hydrogen (secondary N) is 1. The highest BCUT2D eigenvalue weighted by atomic mass is 19.1. The molecule has 4 rings (SSSR count). The minimum Gasteiger partial charge on any atom is -0.493 e. The molecule has 0 spiro atoms. The van der Waals surface area contributed by atoms with Crippen molar-refractivity contribution < 1.29 is 23.3 Å². The maximum atomic E-state index is 14.8. The number of methoxy groups -OCH3 is 1. The van der Waals surface area contributed by atoms with Crippen molar-refractivity contribution in [1.82, 2.24) is 5.43 Å². The van der Waals surface area contributed by atoms with Gasteiger partial charge in [-0.25, -0.2) is 9.82 Å². The first-order valence-corrected chi connectivity index (χ1v) is 10.4. The van der Waals surface area contributed by atoms with E-state index in [1.807, 2.05) is 32.7 Å². The van der Waals surface area contributed by atoms with Crippen molar-refractivity contribution in [3.05, 3.63) is 69.2 Å². The molecular weight excluding hydrogens is 443 g/mol. The molecule has 2 aromatic carbocycles. The summed E-state index contributed by atoms with van der Waals surface area (Å²) in [6.07, 6.45) is 3.32. The Morgan fingerprint density at radius 2 is 2.03 bits per heavy atom. The van der Waals surface area contributed by atoms with Crippen molar-refractivity contribution in [2.45, 2.75) is 26.3 Å². The van der Waals surface area contributed by atoms with Crippen molar-refractivity contribution in [2.24, 2.45) is 5.10 Å². The van der Waals surface area contributed by atoms with Crippen molar-refractivity contribution in [1.29, 1.82) is 0 Å². The smallest absolute Gasteiger partial charge is 0.307 e. The number of anilines is 1. The predicted molar refractivity (Wildman–Crippen MR) is 127 cm³/mol. The second-order valence-electron chi connectivity index (χ2n) is 8.56. The van der Waals surface area contributed by atoms with E-state index >= 15 is 0 Å². The Labute approximate surface area is 194 Å². The van der Waals surface area contributed by atoms with Gasteiger partial charge < -0.3 is 14.1 Å². The highest BCUT2D eigenvalue weighted by Crippen LogP contribution is 2.39. The maximum absolute atomic E-state index is 14.8. The van der Waals surface area contributed by atoms with Crippen LogP contribution >= 0.6 is 0 Å². The Morgan fingerprint density at radius 1 is 1.29 bits per heavy atom. The molecule has 3 aromatic rings. The van der Waals surface area contributed by atoms with Crippen molar-refractivity contribution >= 4 is 40.0 Å². The van der Waals surface area contributed by atoms with E-state index in [2.05, 4.69) is 16.6 Å². The Morgan fingerprint density at radius 3 is 2.71 bits per heavy atom. The van der Waals surface area contributed by atoms with Crippen LogP contribution < -0.4 is 15.1 Å². The third-order valence-corrected chi connectivity index (χ3v) is 5.93. The van der Waals surface area contributed by atoms with E-state index in [0.29, 0.717) is 5.39 Å². The predicted octanol–water partition coefficient (Wildman–Crippen LogP) is 4.88. The van der Waals surface area contributed by atoms with E-state index < -0.39 is 16.6 Å². The number of amides is 1. The molecule has 0 atom stereocenters. The van der Waals surface area contributed by atoms with E-state index in [0.717, 1.165) is 16.8 Å². The van der Waals surface area contributed by atoms with Crippen molar-refractivity contribution in [3.63, 3.8) is 0 Å². The lowest BCUT2D eigenvalue weighted by Crippen LogP contribution is -2.42. The Kier molecular flexibility index (Phi) is 5.60. The molecule has 1 aliphatic rings. The topological polar surface area (TPSA) is 110 Å². The number of halogens is 1. The molecule has 0 radical (unpaired) electrons. The number of carbonyl (C=O) groups is 1. The molecule has 10 heteroatoms. The third kappa shape index (κ3) is 3.98. The summed E-state index contributed by atoms with van der Waals surface area (Å²) in [5.74, 6) is -1.18. The molecule has 0 saturated carbocycles. The molecule has 1 aliphatic heterocycles. The van der Waals surface area contributed by atoms with Crippen LogP contribution in [0.5, 0.6) is 5.75 Å². The molecule has 0 bridgehead atoms. The van der Waals surface area contributed by atoms with Gasteiger partial charge in [0.25, 0.3) is 5.69 Å². The van der Waals surface area contributed by atoms with E-state index in [4.69, 9.17) is 9.15 Å². The first-order valence-electron chi connectivity index (χ1n) is 10.4. The molecular formula is C24H23FN4O5. The second kappa shape index (κ2) is 8.29. The number of nitro benzene ring substituents is 1. The van der Waals surface area contributed by atoms with Gasteiger partial charge in [0.1, 0.15) is 5.82 Å². The fourth-order valence-electron chi connectivity index (χ4n) is 3.98. The number of hydrazone groups is 1. The average molecular weight is 466 g/mol. The molecule has 0 saturated heterocycles. The van der Waals surface area contributed by atoms with Crippen LogP contribution in [-0.2, 0) is 0 Å². The van der Waals surface area contributed by atoms with Gasteiger partial charge in [0.15, 0.2) is 17.1 Å². The molecule has 9 nitrogen and oxygen atoms in total. The summed E-state index contributed by atoms with van der Waals surface area (Å²) in [5.41, 5.74) is 4.92. The van der Waals surface area contributed by atoms with E-state index in [-0.39, 0.29) is 33.9 Å². The molecule has 1 aromatic heterocycles. The zero-order chi connectivity index (χ0) is 24.8. The summed E-state index contributed by atoms with van der Waals surface area (Å²) in [4.78, 5) is 25.0. The van der Waals surface area contributed by atoms with Crippen molar-refractivity contribution in [2.75, 3.05) is 19.1 Å². The number of rotatable bonds is 5. The fraction of sp³-hybridized carbons (Fsp3) is 0.250. The first-order chi connectivity index (χ1) is 16.0. The van der Waals surface area contributed by atoms with Gasteiger partial charge in [-0.15, -0.1) is 0 Å². The Bertz CT molecular complexity index is 1390. The number of fused-ring (bicyclic) bond motifs is 2. The van der Waals surface area contributed by atoms with Crippen LogP contribution in [0.1, 0.15) is 42.5 Å². The molecule has 1 amide bonds. The van der Waals surface area contributed by atoms with E-state index in [9.17, 15) is 19.3 Å². The number of hydrogen-bond donors (Lipinski definition) is 1. The van der Waals surface area contributed by atoms with Gasteiger partial charge in [0.05, 0.1) is 29.9 Å². The van der Waals surface area contributed by atoms with Gasteiger partial charge in [-0.05, 0) is 44.5 Å². The minimum atomic E-state index is -0.701. The number of ether oxygens (including phenoxy) is 1. The number of carbonyl (C=O) groups excluding carboxylic acids is 1. The highest BCUT2D eigenvalue weighted by Gasteiger charge is 2.29. The summed E-state index contributed by atoms with van der Waals surface area (Å²) in [5, 5.41) is 15.3. The number of allylic oxidation sites excluding steroid dienone is 1. The van der Waals surface area contributed by atoms with Gasteiger partial charge in [-0.1, -0.05) is 6.08 Å². The summed E-state index contributed by atoms with van der Waals surface area (Å²) in [7, 11) is 3.25. The highest BCUT2D eigenvalue weighted by molar-refractivity contribution is 5.98. The number of hydrogen-bond acceptors (Lipinski definition) is 7. The van der Waals surface area contributed by atoms with Crippen molar-refractivity contribution in [3.8, 4) is 5.75 Å². The van der Waals surface area contributed by atoms with Crippen LogP contribution in [0.25, 0.3) is 16.5 Å². The summed E-state index contributed by atoms with van der Waals surface area (Å²) in [6, 6.07) is 6.97. The number of benzene rings is 2. The van der Waals surface area contributed by atoms with Crippen LogP contribution in [0.4, 0.5) is 15.8 Å². The van der Waals surface area contributed by atoms with E-state index in [1.54, 1.807) is 6.07 Å². The van der Waals surface area contributed by atoms with Crippen LogP contribution in [0, 0.1) is 15.9 Å². The Hall–Kier alpha value is -4.21. The lowest BCUT2D eigenvalue weighted by Gasteiger charge is -2.40. The van der Waals surface area contributed by atoms with Gasteiger partial charge in [0, 0.05) is 35.3 Å². The van der Waals surface area contributed by atoms with Gasteiger partial charge in [-0.2, -0.15) is 5.10 Å². The first kappa shape index (κ1) is 23.0. The quantitative estimate of drug-likeness (QED) is 0.326. The minimum absolute atomic E-state index is 0.124. The molecule has 34 heavy (non-hydrogen) atoms. The molecule has 1 N–H and O–H groups in total. The summed E-state index contributed by atoms with van der Waals surface area (Å²) >= 11 is 0. The Balaban J connectivity index is 1.58. The lowest BCUT2D eigenvalue weighted by atomic mass is 9.88. The number of furan rings is 1. The second-order valence-corrected chi connectivity index (χ2v) is 8.56.